The summed E-state index contributed by atoms with van der Waals surface area (Å²) >= 11 is 0. The van der Waals surface area contributed by atoms with Gasteiger partial charge in [-0.3, -0.25) is 9.59 Å². The van der Waals surface area contributed by atoms with Gasteiger partial charge in [-0.05, 0) is 49.2 Å². The Morgan fingerprint density at radius 3 is 2.56 bits per heavy atom. The first-order valence-corrected chi connectivity index (χ1v) is 7.89. The highest BCUT2D eigenvalue weighted by Gasteiger charge is 2.10. The molecule has 0 saturated carbocycles. The number of anilines is 1. The van der Waals surface area contributed by atoms with Gasteiger partial charge in [0.25, 0.3) is 0 Å². The lowest BCUT2D eigenvalue weighted by Gasteiger charge is -2.11. The average Bonchev–Trinajstić information content (AvgIpc) is 2.49. The second-order valence-corrected chi connectivity index (χ2v) is 5.92. The number of nitrogens with one attached hydrogen (secondary N) is 1. The summed E-state index contributed by atoms with van der Waals surface area (Å²) in [6, 6.07) is 11.2. The van der Waals surface area contributed by atoms with Crippen LogP contribution in [0, 0.1) is 5.82 Å². The summed E-state index contributed by atoms with van der Waals surface area (Å²) in [4.78, 5) is 22.8. The Kier molecular flexibility index (Phi) is 6.11. The summed E-state index contributed by atoms with van der Waals surface area (Å²) in [5, 5.41) is 11.3. The van der Waals surface area contributed by atoms with Crippen LogP contribution in [0.4, 0.5) is 10.1 Å². The van der Waals surface area contributed by atoms with Gasteiger partial charge in [0.15, 0.2) is 0 Å². The molecule has 0 aromatic heterocycles. The maximum absolute atomic E-state index is 13.8. The molecule has 0 aliphatic carbocycles. The number of hydrogen-bond donors (Lipinski definition) is 2. The Bertz CT molecular complexity index is 774. The highest BCUT2D eigenvalue weighted by molar-refractivity contribution is 5.92. The standard InChI is InChI=1S/C19H20FNO4/c1-12(2)25-16-5-3-4-13(8-16)9-18(22)21-15-7-6-14(10-19(23)24)17(20)11-15/h3-8,11-12H,9-10H2,1-2H3,(H,21,22)(H,23,24). The molecule has 25 heavy (non-hydrogen) atoms. The molecular weight excluding hydrogens is 325 g/mol. The maximum Gasteiger partial charge on any atom is 0.307 e. The van der Waals surface area contributed by atoms with Crippen LogP contribution in [0.15, 0.2) is 42.5 Å². The zero-order valence-electron chi connectivity index (χ0n) is 14.1. The summed E-state index contributed by atoms with van der Waals surface area (Å²) < 4.78 is 19.4. The molecule has 1 amide bonds. The van der Waals surface area contributed by atoms with Crippen LogP contribution in [0.5, 0.6) is 5.75 Å². The van der Waals surface area contributed by atoms with Gasteiger partial charge in [-0.25, -0.2) is 4.39 Å². The molecule has 2 rings (SSSR count). The third-order valence-electron chi connectivity index (χ3n) is 3.31. The SMILES string of the molecule is CC(C)Oc1cccc(CC(=O)Nc2ccc(CC(=O)O)c(F)c2)c1. The van der Waals surface area contributed by atoms with Crippen LogP contribution in [0.3, 0.4) is 0 Å². The number of carbonyl (C=O) groups excluding carboxylic acids is 1. The van der Waals surface area contributed by atoms with Crippen molar-refractivity contribution in [2.75, 3.05) is 5.32 Å². The lowest BCUT2D eigenvalue weighted by molar-refractivity contribution is -0.136. The second-order valence-electron chi connectivity index (χ2n) is 5.92. The molecule has 2 aromatic carbocycles. The summed E-state index contributed by atoms with van der Waals surface area (Å²) in [7, 11) is 0. The average molecular weight is 345 g/mol. The highest BCUT2D eigenvalue weighted by atomic mass is 19.1. The zero-order valence-corrected chi connectivity index (χ0v) is 14.1. The van der Waals surface area contributed by atoms with Crippen molar-refractivity contribution in [3.05, 3.63) is 59.4 Å². The summed E-state index contributed by atoms with van der Waals surface area (Å²) in [5.41, 5.74) is 1.13. The van der Waals surface area contributed by atoms with E-state index in [0.717, 1.165) is 11.6 Å². The molecule has 0 heterocycles. The molecule has 0 unspecified atom stereocenters. The van der Waals surface area contributed by atoms with E-state index in [1.165, 1.54) is 12.1 Å². The first kappa shape index (κ1) is 18.4. The van der Waals surface area contributed by atoms with E-state index in [1.807, 2.05) is 26.0 Å². The fourth-order valence-electron chi connectivity index (χ4n) is 2.32. The number of carbonyl (C=O) groups is 2. The Labute approximate surface area is 145 Å². The monoisotopic (exact) mass is 345 g/mol. The molecular formula is C19H20FNO4. The Balaban J connectivity index is 2.00. The number of aliphatic carboxylic acids is 1. The van der Waals surface area contributed by atoms with E-state index in [2.05, 4.69) is 5.32 Å². The van der Waals surface area contributed by atoms with Crippen LogP contribution in [0.25, 0.3) is 0 Å². The van der Waals surface area contributed by atoms with Crippen molar-refractivity contribution < 1.29 is 23.8 Å². The summed E-state index contributed by atoms with van der Waals surface area (Å²) in [6.07, 6.45) is -0.243. The number of amides is 1. The number of carboxylic acid groups (broad SMARTS) is 1. The van der Waals surface area contributed by atoms with Gasteiger partial charge in [0.05, 0.1) is 18.9 Å². The lowest BCUT2D eigenvalue weighted by Crippen LogP contribution is -2.15. The van der Waals surface area contributed by atoms with Crippen molar-refractivity contribution in [3.8, 4) is 5.75 Å². The van der Waals surface area contributed by atoms with Crippen LogP contribution in [0.2, 0.25) is 0 Å². The molecule has 132 valence electrons. The van der Waals surface area contributed by atoms with Crippen molar-refractivity contribution in [2.45, 2.75) is 32.8 Å². The van der Waals surface area contributed by atoms with Crippen molar-refractivity contribution in [1.29, 1.82) is 0 Å². The van der Waals surface area contributed by atoms with Crippen molar-refractivity contribution in [1.82, 2.24) is 0 Å². The van der Waals surface area contributed by atoms with Gasteiger partial charge in [-0.1, -0.05) is 18.2 Å². The smallest absolute Gasteiger partial charge is 0.307 e. The van der Waals surface area contributed by atoms with Gasteiger partial charge < -0.3 is 15.2 Å². The molecule has 0 aliphatic heterocycles. The predicted molar refractivity (Wildman–Crippen MR) is 92.3 cm³/mol. The Hall–Kier alpha value is -2.89. The first-order valence-electron chi connectivity index (χ1n) is 7.89. The quantitative estimate of drug-likeness (QED) is 0.806. The van der Waals surface area contributed by atoms with E-state index in [1.54, 1.807) is 12.1 Å². The third kappa shape index (κ3) is 5.91. The minimum atomic E-state index is -1.11. The van der Waals surface area contributed by atoms with E-state index in [9.17, 15) is 14.0 Å². The van der Waals surface area contributed by atoms with Crippen molar-refractivity contribution in [2.24, 2.45) is 0 Å². The molecule has 6 heteroatoms. The normalized spacial score (nSPS) is 10.6. The van der Waals surface area contributed by atoms with E-state index < -0.39 is 18.2 Å². The molecule has 2 aromatic rings. The zero-order chi connectivity index (χ0) is 18.4. The van der Waals surface area contributed by atoms with Gasteiger partial charge in [0.2, 0.25) is 5.91 Å². The van der Waals surface area contributed by atoms with Crippen LogP contribution >= 0.6 is 0 Å². The van der Waals surface area contributed by atoms with E-state index >= 15 is 0 Å². The van der Waals surface area contributed by atoms with E-state index in [0.29, 0.717) is 5.75 Å². The van der Waals surface area contributed by atoms with Crippen LogP contribution in [0.1, 0.15) is 25.0 Å². The molecule has 0 bridgehead atoms. The van der Waals surface area contributed by atoms with E-state index in [4.69, 9.17) is 9.84 Å². The van der Waals surface area contributed by atoms with Crippen molar-refractivity contribution in [3.63, 3.8) is 0 Å². The fourth-order valence-corrected chi connectivity index (χ4v) is 2.32. The minimum absolute atomic E-state index is 0.0383. The molecule has 0 aliphatic rings. The van der Waals surface area contributed by atoms with Crippen LogP contribution < -0.4 is 10.1 Å². The number of halogens is 1. The van der Waals surface area contributed by atoms with Crippen LogP contribution in [-0.4, -0.2) is 23.1 Å². The molecule has 0 radical (unpaired) electrons. The largest absolute Gasteiger partial charge is 0.491 e. The minimum Gasteiger partial charge on any atom is -0.491 e. The number of hydrogen-bond acceptors (Lipinski definition) is 3. The molecule has 0 saturated heterocycles. The molecule has 5 nitrogen and oxygen atoms in total. The topological polar surface area (TPSA) is 75.6 Å². The third-order valence-corrected chi connectivity index (χ3v) is 3.31. The van der Waals surface area contributed by atoms with E-state index in [-0.39, 0.29) is 29.7 Å². The molecule has 0 atom stereocenters. The maximum atomic E-state index is 13.8. The van der Waals surface area contributed by atoms with Gasteiger partial charge in [0.1, 0.15) is 11.6 Å². The Morgan fingerprint density at radius 1 is 1.16 bits per heavy atom. The molecule has 0 spiro atoms. The van der Waals surface area contributed by atoms with Crippen molar-refractivity contribution >= 4 is 17.6 Å². The lowest BCUT2D eigenvalue weighted by atomic mass is 10.1. The molecule has 0 fully saturated rings. The van der Waals surface area contributed by atoms with Gasteiger partial charge in [-0.2, -0.15) is 0 Å². The highest BCUT2D eigenvalue weighted by Crippen LogP contribution is 2.18. The van der Waals surface area contributed by atoms with Gasteiger partial charge in [0, 0.05) is 5.69 Å². The number of carboxylic acids is 1. The fraction of sp³-hybridized carbons (Fsp3) is 0.263. The number of ether oxygens (including phenoxy) is 1. The summed E-state index contributed by atoms with van der Waals surface area (Å²) in [5.74, 6) is -1.39. The van der Waals surface area contributed by atoms with Crippen LogP contribution in [-0.2, 0) is 22.4 Å². The second kappa shape index (κ2) is 8.28. The molecule has 2 N–H and O–H groups in total. The summed E-state index contributed by atoms with van der Waals surface area (Å²) in [6.45, 7) is 3.84. The number of benzene rings is 2. The van der Waals surface area contributed by atoms with Gasteiger partial charge in [-0.15, -0.1) is 0 Å². The van der Waals surface area contributed by atoms with Gasteiger partial charge >= 0.3 is 5.97 Å². The predicted octanol–water partition coefficient (Wildman–Crippen LogP) is 3.42. The Morgan fingerprint density at radius 2 is 1.92 bits per heavy atom. The number of rotatable bonds is 7. The first-order chi connectivity index (χ1) is 11.8.